The van der Waals surface area contributed by atoms with Gasteiger partial charge < -0.3 is 11.1 Å². The van der Waals surface area contributed by atoms with Crippen LogP contribution in [-0.4, -0.2) is 10.4 Å². The van der Waals surface area contributed by atoms with Crippen molar-refractivity contribution in [2.45, 2.75) is 19.9 Å². The molecule has 3 rings (SSSR count). The minimum Gasteiger partial charge on any atom is -0.387 e. The maximum Gasteiger partial charge on any atom is 0.264 e. The van der Waals surface area contributed by atoms with Gasteiger partial charge in [0.2, 0.25) is 0 Å². The van der Waals surface area contributed by atoms with Gasteiger partial charge in [-0.2, -0.15) is 0 Å². The Labute approximate surface area is 162 Å². The van der Waals surface area contributed by atoms with Crippen molar-refractivity contribution in [2.75, 3.05) is 0 Å². The van der Waals surface area contributed by atoms with Gasteiger partial charge in [0.15, 0.2) is 0 Å². The molecule has 5 nitrogen and oxygen atoms in total. The molecule has 0 saturated heterocycles. The van der Waals surface area contributed by atoms with Crippen molar-refractivity contribution in [3.8, 4) is 5.69 Å². The minimum absolute atomic E-state index is 0.169. The molecule has 0 aliphatic heterocycles. The second-order valence-corrected chi connectivity index (χ2v) is 6.72. The highest BCUT2D eigenvalue weighted by molar-refractivity contribution is 6.35. The van der Waals surface area contributed by atoms with Crippen LogP contribution in [-0.2, 0) is 0 Å². The van der Waals surface area contributed by atoms with Crippen molar-refractivity contribution in [1.82, 2.24) is 9.88 Å². The molecular weight excluding hydrogens is 360 g/mol. The van der Waals surface area contributed by atoms with E-state index in [0.717, 1.165) is 16.8 Å². The van der Waals surface area contributed by atoms with Crippen LogP contribution >= 0.6 is 11.6 Å². The molecule has 0 spiro atoms. The van der Waals surface area contributed by atoms with Crippen molar-refractivity contribution in [2.24, 2.45) is 10.7 Å². The van der Waals surface area contributed by atoms with E-state index in [1.165, 1.54) is 0 Å². The molecule has 0 fully saturated rings. The van der Waals surface area contributed by atoms with Crippen LogP contribution < -0.4 is 16.6 Å². The van der Waals surface area contributed by atoms with Crippen molar-refractivity contribution in [1.29, 1.82) is 0 Å². The topological polar surface area (TPSA) is 72.4 Å². The lowest BCUT2D eigenvalue weighted by atomic mass is 10.1. The summed E-state index contributed by atoms with van der Waals surface area (Å²) in [5.74, 6) is 0.839. The molecule has 1 atom stereocenters. The summed E-state index contributed by atoms with van der Waals surface area (Å²) in [6, 6.07) is 16.6. The first-order valence-electron chi connectivity index (χ1n) is 8.54. The molecule has 0 saturated carbocycles. The number of hydrogen-bond acceptors (Lipinski definition) is 3. The predicted octanol–water partition coefficient (Wildman–Crippen LogP) is 4.14. The molecule has 0 bridgehead atoms. The van der Waals surface area contributed by atoms with Crippen LogP contribution in [0.25, 0.3) is 16.5 Å². The van der Waals surface area contributed by atoms with E-state index in [1.54, 1.807) is 17.6 Å². The van der Waals surface area contributed by atoms with E-state index in [4.69, 9.17) is 17.3 Å². The Kier molecular flexibility index (Phi) is 5.33. The Morgan fingerprint density at radius 1 is 1.22 bits per heavy atom. The molecule has 3 N–H and O–H groups in total. The van der Waals surface area contributed by atoms with Gasteiger partial charge >= 0.3 is 0 Å². The quantitative estimate of drug-likeness (QED) is 0.516. The van der Waals surface area contributed by atoms with E-state index in [2.05, 4.69) is 16.9 Å². The zero-order valence-electron chi connectivity index (χ0n) is 15.2. The number of para-hydroxylation sites is 1. The fraction of sp³-hybridized carbons (Fsp3) is 0.143. The zero-order valence-corrected chi connectivity index (χ0v) is 16.0. The van der Waals surface area contributed by atoms with Gasteiger partial charge in [-0.05, 0) is 43.5 Å². The summed E-state index contributed by atoms with van der Waals surface area (Å²) in [7, 11) is 0. The highest BCUT2D eigenvalue weighted by atomic mass is 35.5. The number of nitrogens with zero attached hydrogens (tertiary/aromatic N) is 2. The Morgan fingerprint density at radius 2 is 1.93 bits per heavy atom. The molecule has 0 unspecified atom stereocenters. The molecule has 27 heavy (non-hydrogen) atoms. The van der Waals surface area contributed by atoms with Crippen LogP contribution in [0.1, 0.15) is 25.6 Å². The van der Waals surface area contributed by atoms with E-state index >= 15 is 0 Å². The van der Waals surface area contributed by atoms with Crippen LogP contribution in [0.4, 0.5) is 0 Å². The maximum atomic E-state index is 13.3. The first-order chi connectivity index (χ1) is 12.9. The smallest absolute Gasteiger partial charge is 0.264 e. The molecule has 3 aromatic rings. The van der Waals surface area contributed by atoms with Crippen LogP contribution in [0.2, 0.25) is 5.02 Å². The maximum absolute atomic E-state index is 13.3. The predicted molar refractivity (Wildman–Crippen MR) is 113 cm³/mol. The first-order valence-corrected chi connectivity index (χ1v) is 8.92. The summed E-state index contributed by atoms with van der Waals surface area (Å²) in [4.78, 5) is 17.4. The van der Waals surface area contributed by atoms with Gasteiger partial charge in [-0.15, -0.1) is 0 Å². The van der Waals surface area contributed by atoms with Gasteiger partial charge in [-0.25, -0.2) is 4.99 Å². The lowest BCUT2D eigenvalue weighted by molar-refractivity contribution is 0.612. The number of nitrogens with one attached hydrogen (secondary N) is 1. The van der Waals surface area contributed by atoms with Gasteiger partial charge in [0.1, 0.15) is 5.82 Å². The lowest BCUT2D eigenvalue weighted by Crippen LogP contribution is -2.28. The monoisotopic (exact) mass is 380 g/mol. The van der Waals surface area contributed by atoms with Crippen molar-refractivity contribution < 1.29 is 0 Å². The van der Waals surface area contributed by atoms with Crippen molar-refractivity contribution in [3.63, 3.8) is 0 Å². The first kappa shape index (κ1) is 18.7. The second kappa shape index (κ2) is 7.68. The van der Waals surface area contributed by atoms with E-state index < -0.39 is 0 Å². The largest absolute Gasteiger partial charge is 0.387 e. The van der Waals surface area contributed by atoms with Gasteiger partial charge in [0.05, 0.1) is 22.3 Å². The highest BCUT2D eigenvalue weighted by Crippen LogP contribution is 2.25. The summed E-state index contributed by atoms with van der Waals surface area (Å²) in [6.07, 6.45) is 0. The number of nitrogens with two attached hydrogens (primary N) is 1. The number of aromatic nitrogens is 1. The number of amidine groups is 1. The highest BCUT2D eigenvalue weighted by Gasteiger charge is 2.17. The molecule has 1 heterocycles. The molecule has 0 amide bonds. The van der Waals surface area contributed by atoms with Crippen LogP contribution in [0.5, 0.6) is 0 Å². The summed E-state index contributed by atoms with van der Waals surface area (Å²) >= 11 is 6.32. The van der Waals surface area contributed by atoms with E-state index in [1.807, 2.05) is 55.5 Å². The fourth-order valence-corrected chi connectivity index (χ4v) is 3.33. The van der Waals surface area contributed by atoms with Gasteiger partial charge in [0, 0.05) is 11.4 Å². The van der Waals surface area contributed by atoms with Crippen molar-refractivity contribution >= 4 is 28.2 Å². The number of aliphatic imine (C=N–C) groups is 1. The van der Waals surface area contributed by atoms with Crippen LogP contribution in [0, 0.1) is 0 Å². The molecule has 1 aromatic heterocycles. The SMILES string of the molecule is C=C(N=C(C)N)N[C@@H](C)c1cc2cccc(Cl)c2c(=O)n1-c1ccccc1. The standard InChI is InChI=1S/C21H21ClN4O/c1-13(24-15(3)25-14(2)23)19-12-16-8-7-11-18(22)20(16)21(27)26(19)17-9-5-4-6-10-17/h4-13,24H,3H2,1-2H3,(H2,23,25)/t13-/m0/s1. The van der Waals surface area contributed by atoms with Crippen LogP contribution in [0.15, 0.2) is 76.8 Å². The number of halogens is 1. The molecule has 6 heteroatoms. The normalized spacial score (nSPS) is 12.8. The van der Waals surface area contributed by atoms with Gasteiger partial charge in [0.25, 0.3) is 5.56 Å². The molecule has 0 radical (unpaired) electrons. The van der Waals surface area contributed by atoms with Crippen molar-refractivity contribution in [3.05, 3.63) is 88.1 Å². The molecule has 0 aliphatic rings. The van der Waals surface area contributed by atoms with Gasteiger partial charge in [-0.3, -0.25) is 9.36 Å². The number of rotatable bonds is 5. The van der Waals surface area contributed by atoms with Gasteiger partial charge in [-0.1, -0.05) is 48.5 Å². The summed E-state index contributed by atoms with van der Waals surface area (Å²) < 4.78 is 1.66. The third kappa shape index (κ3) is 3.88. The Bertz CT molecular complexity index is 1080. The number of hydrogen-bond donors (Lipinski definition) is 2. The second-order valence-electron chi connectivity index (χ2n) is 6.32. The molecule has 2 aromatic carbocycles. The lowest BCUT2D eigenvalue weighted by Gasteiger charge is -2.21. The molecular formula is C21H21ClN4O. The molecule has 138 valence electrons. The zero-order chi connectivity index (χ0) is 19.6. The number of fused-ring (bicyclic) bond motifs is 1. The van der Waals surface area contributed by atoms with E-state index in [9.17, 15) is 4.79 Å². The third-order valence-corrected chi connectivity index (χ3v) is 4.49. The third-order valence-electron chi connectivity index (χ3n) is 4.18. The number of pyridine rings is 1. The summed E-state index contributed by atoms with van der Waals surface area (Å²) in [5.41, 5.74) is 6.99. The average molecular weight is 381 g/mol. The Morgan fingerprint density at radius 3 is 2.59 bits per heavy atom. The average Bonchev–Trinajstić information content (AvgIpc) is 2.61. The summed E-state index contributed by atoms with van der Waals surface area (Å²) in [6.45, 7) is 7.51. The number of benzene rings is 2. The van der Waals surface area contributed by atoms with E-state index in [0.29, 0.717) is 22.1 Å². The minimum atomic E-state index is -0.239. The van der Waals surface area contributed by atoms with E-state index in [-0.39, 0.29) is 11.6 Å². The Hall–Kier alpha value is -3.05. The Balaban J connectivity index is 2.23. The molecule has 0 aliphatic carbocycles. The van der Waals surface area contributed by atoms with Crippen LogP contribution in [0.3, 0.4) is 0 Å². The fourth-order valence-electron chi connectivity index (χ4n) is 3.07. The summed E-state index contributed by atoms with van der Waals surface area (Å²) in [5, 5.41) is 4.90.